The quantitative estimate of drug-likeness (QED) is 0.927. The number of aromatic nitrogens is 2. The van der Waals surface area contributed by atoms with Crippen LogP contribution in [0, 0.1) is 6.92 Å². The van der Waals surface area contributed by atoms with Crippen molar-refractivity contribution in [2.45, 2.75) is 45.3 Å². The van der Waals surface area contributed by atoms with E-state index < -0.39 is 6.10 Å². The first-order valence-corrected chi connectivity index (χ1v) is 8.66. The molecule has 2 atom stereocenters. The highest BCUT2D eigenvalue weighted by atomic mass is 35.5. The summed E-state index contributed by atoms with van der Waals surface area (Å²) in [6, 6.07) is 7.25. The Morgan fingerprint density at radius 2 is 2.21 bits per heavy atom. The van der Waals surface area contributed by atoms with E-state index in [0.29, 0.717) is 17.1 Å². The van der Waals surface area contributed by atoms with Crippen LogP contribution in [0.5, 0.6) is 0 Å². The Balaban J connectivity index is 1.91. The third kappa shape index (κ3) is 3.19. The van der Waals surface area contributed by atoms with Crippen LogP contribution in [0.3, 0.4) is 0 Å². The zero-order valence-electron chi connectivity index (χ0n) is 13.9. The first-order valence-electron chi connectivity index (χ1n) is 8.28. The zero-order chi connectivity index (χ0) is 17.3. The van der Waals surface area contributed by atoms with E-state index in [1.807, 2.05) is 25.1 Å². The Morgan fingerprint density at radius 3 is 2.92 bits per heavy atom. The van der Waals surface area contributed by atoms with Crippen molar-refractivity contribution in [2.75, 3.05) is 6.54 Å². The number of amides is 1. The van der Waals surface area contributed by atoms with Gasteiger partial charge in [0, 0.05) is 11.6 Å². The molecule has 1 amide bonds. The van der Waals surface area contributed by atoms with Crippen molar-refractivity contribution >= 4 is 17.5 Å². The number of hydrogen-bond donors (Lipinski definition) is 1. The lowest BCUT2D eigenvalue weighted by molar-refractivity contribution is 0.0280. The highest BCUT2D eigenvalue weighted by Gasteiger charge is 2.32. The number of carbonyl (C=O) groups is 1. The van der Waals surface area contributed by atoms with Gasteiger partial charge in [-0.2, -0.15) is 5.10 Å². The largest absolute Gasteiger partial charge is 0.391 e. The number of piperidine rings is 1. The fraction of sp³-hybridized carbons (Fsp3) is 0.444. The second-order valence-corrected chi connectivity index (χ2v) is 6.77. The second-order valence-electron chi connectivity index (χ2n) is 6.34. The van der Waals surface area contributed by atoms with E-state index in [0.717, 1.165) is 30.6 Å². The SMILES string of the molecule is Cc1c(C(=O)N2CCCCC2C(C)O)cnn1-c1cccc(Cl)c1. The predicted molar refractivity (Wildman–Crippen MR) is 93.7 cm³/mol. The molecule has 128 valence electrons. The molecular weight excluding hydrogens is 326 g/mol. The van der Waals surface area contributed by atoms with Crippen LogP contribution in [0.25, 0.3) is 5.69 Å². The minimum absolute atomic E-state index is 0.0635. The fourth-order valence-electron chi connectivity index (χ4n) is 3.35. The van der Waals surface area contributed by atoms with E-state index >= 15 is 0 Å². The van der Waals surface area contributed by atoms with Crippen molar-refractivity contribution in [3.8, 4) is 5.69 Å². The molecule has 0 aliphatic carbocycles. The topological polar surface area (TPSA) is 58.4 Å². The summed E-state index contributed by atoms with van der Waals surface area (Å²) < 4.78 is 1.72. The Labute approximate surface area is 146 Å². The molecule has 1 aliphatic rings. The number of benzene rings is 1. The summed E-state index contributed by atoms with van der Waals surface area (Å²) in [6.07, 6.45) is 3.92. The van der Waals surface area contributed by atoms with E-state index in [4.69, 9.17) is 11.6 Å². The lowest BCUT2D eigenvalue weighted by atomic mass is 9.97. The number of carbonyl (C=O) groups excluding carboxylic acids is 1. The smallest absolute Gasteiger partial charge is 0.257 e. The standard InChI is InChI=1S/C18H22ClN3O2/c1-12-16(11-20-22(12)15-7-5-6-14(19)10-15)18(24)21-9-4-3-8-17(21)13(2)23/h5-7,10-11,13,17,23H,3-4,8-9H2,1-2H3. The maximum Gasteiger partial charge on any atom is 0.257 e. The summed E-state index contributed by atoms with van der Waals surface area (Å²) >= 11 is 6.05. The van der Waals surface area contributed by atoms with Crippen molar-refractivity contribution in [3.05, 3.63) is 46.7 Å². The van der Waals surface area contributed by atoms with E-state index in [1.165, 1.54) is 0 Å². The molecule has 3 rings (SSSR count). The third-order valence-electron chi connectivity index (χ3n) is 4.66. The van der Waals surface area contributed by atoms with E-state index in [-0.39, 0.29) is 11.9 Å². The van der Waals surface area contributed by atoms with Gasteiger partial charge >= 0.3 is 0 Å². The molecule has 24 heavy (non-hydrogen) atoms. The fourth-order valence-corrected chi connectivity index (χ4v) is 3.54. The molecule has 6 heteroatoms. The molecule has 2 aromatic rings. The van der Waals surface area contributed by atoms with Gasteiger partial charge in [-0.15, -0.1) is 0 Å². The average Bonchev–Trinajstić information content (AvgIpc) is 2.95. The molecule has 1 fully saturated rings. The van der Waals surface area contributed by atoms with Gasteiger partial charge in [0.05, 0.1) is 35.3 Å². The van der Waals surface area contributed by atoms with E-state index in [9.17, 15) is 9.90 Å². The van der Waals surface area contributed by atoms with E-state index in [2.05, 4.69) is 5.10 Å². The molecule has 0 saturated carbocycles. The normalized spacial score (nSPS) is 19.3. The van der Waals surface area contributed by atoms with Gasteiger partial charge in [0.15, 0.2) is 0 Å². The summed E-state index contributed by atoms with van der Waals surface area (Å²) in [5, 5.41) is 15.0. The third-order valence-corrected chi connectivity index (χ3v) is 4.90. The number of hydrogen-bond acceptors (Lipinski definition) is 3. The van der Waals surface area contributed by atoms with Crippen LogP contribution in [0.2, 0.25) is 5.02 Å². The Bertz CT molecular complexity index is 742. The van der Waals surface area contributed by atoms with Crippen LogP contribution in [-0.4, -0.2) is 44.4 Å². The summed E-state index contributed by atoms with van der Waals surface area (Å²) in [5.41, 5.74) is 2.17. The summed E-state index contributed by atoms with van der Waals surface area (Å²) in [6.45, 7) is 4.30. The van der Waals surface area contributed by atoms with Crippen LogP contribution < -0.4 is 0 Å². The lowest BCUT2D eigenvalue weighted by Crippen LogP contribution is -2.49. The molecule has 1 aliphatic heterocycles. The van der Waals surface area contributed by atoms with Crippen molar-refractivity contribution < 1.29 is 9.90 Å². The molecule has 0 radical (unpaired) electrons. The number of aliphatic hydroxyl groups excluding tert-OH is 1. The first kappa shape index (κ1) is 17.0. The number of likely N-dealkylation sites (tertiary alicyclic amines) is 1. The van der Waals surface area contributed by atoms with Gasteiger partial charge < -0.3 is 10.0 Å². The summed E-state index contributed by atoms with van der Waals surface area (Å²) in [7, 11) is 0. The maximum absolute atomic E-state index is 13.0. The number of halogens is 1. The van der Waals surface area contributed by atoms with Gasteiger partial charge in [-0.3, -0.25) is 4.79 Å². The molecule has 1 N–H and O–H groups in total. The molecule has 1 aromatic carbocycles. The van der Waals surface area contributed by atoms with Crippen LogP contribution in [0.4, 0.5) is 0 Å². The van der Waals surface area contributed by atoms with Crippen molar-refractivity contribution in [1.29, 1.82) is 0 Å². The highest BCUT2D eigenvalue weighted by molar-refractivity contribution is 6.30. The highest BCUT2D eigenvalue weighted by Crippen LogP contribution is 2.24. The monoisotopic (exact) mass is 347 g/mol. The summed E-state index contributed by atoms with van der Waals surface area (Å²) in [5.74, 6) is -0.0635. The molecule has 2 heterocycles. The predicted octanol–water partition coefficient (Wildman–Crippen LogP) is 3.21. The molecule has 0 spiro atoms. The van der Waals surface area contributed by atoms with Crippen molar-refractivity contribution in [3.63, 3.8) is 0 Å². The van der Waals surface area contributed by atoms with Crippen molar-refractivity contribution in [2.24, 2.45) is 0 Å². The average molecular weight is 348 g/mol. The van der Waals surface area contributed by atoms with Gasteiger partial charge in [-0.25, -0.2) is 4.68 Å². The molecule has 5 nitrogen and oxygen atoms in total. The minimum Gasteiger partial charge on any atom is -0.391 e. The van der Waals surface area contributed by atoms with Gasteiger partial charge in [0.1, 0.15) is 0 Å². The second kappa shape index (κ2) is 6.95. The molecule has 1 aromatic heterocycles. The van der Waals surface area contributed by atoms with Crippen LogP contribution >= 0.6 is 11.6 Å². The number of nitrogens with zero attached hydrogens (tertiary/aromatic N) is 3. The molecule has 1 saturated heterocycles. The number of aliphatic hydroxyl groups is 1. The Hall–Kier alpha value is -1.85. The Morgan fingerprint density at radius 1 is 1.42 bits per heavy atom. The van der Waals surface area contributed by atoms with Crippen LogP contribution in [0.15, 0.2) is 30.5 Å². The van der Waals surface area contributed by atoms with Crippen molar-refractivity contribution in [1.82, 2.24) is 14.7 Å². The van der Waals surface area contributed by atoms with Crippen LogP contribution in [-0.2, 0) is 0 Å². The molecule has 0 bridgehead atoms. The minimum atomic E-state index is -0.530. The van der Waals surface area contributed by atoms with Crippen LogP contribution in [0.1, 0.15) is 42.2 Å². The first-order chi connectivity index (χ1) is 11.5. The summed E-state index contributed by atoms with van der Waals surface area (Å²) in [4.78, 5) is 14.8. The van der Waals surface area contributed by atoms with Gasteiger partial charge in [-0.1, -0.05) is 17.7 Å². The zero-order valence-corrected chi connectivity index (χ0v) is 14.7. The molecular formula is C18H22ClN3O2. The Kier molecular flexibility index (Phi) is 4.92. The van der Waals surface area contributed by atoms with Gasteiger partial charge in [0.25, 0.3) is 5.91 Å². The lowest BCUT2D eigenvalue weighted by Gasteiger charge is -2.37. The molecule has 2 unspecified atom stereocenters. The van der Waals surface area contributed by atoms with Gasteiger partial charge in [-0.05, 0) is 51.3 Å². The van der Waals surface area contributed by atoms with E-state index in [1.54, 1.807) is 28.8 Å². The maximum atomic E-state index is 13.0. The van der Waals surface area contributed by atoms with Gasteiger partial charge in [0.2, 0.25) is 0 Å². The number of rotatable bonds is 3.